The Hall–Kier alpha value is -2.38. The van der Waals surface area contributed by atoms with Crippen molar-refractivity contribution in [2.45, 2.75) is 6.04 Å². The normalized spacial score (nSPS) is 13.0. The topological polar surface area (TPSA) is 72.3 Å². The minimum absolute atomic E-state index is 0.456. The molecule has 0 amide bonds. The van der Waals surface area contributed by atoms with E-state index in [9.17, 15) is 0 Å². The van der Waals surface area contributed by atoms with E-state index in [-0.39, 0.29) is 0 Å². The number of hydrogen-bond donors (Lipinski definition) is 0. The van der Waals surface area contributed by atoms with Gasteiger partial charge in [-0.15, -0.1) is 5.11 Å². The Bertz CT molecular complexity index is 415. The van der Waals surface area contributed by atoms with Crippen LogP contribution in [-0.4, -0.2) is 6.04 Å². The maximum absolute atomic E-state index is 8.36. The van der Waals surface area contributed by atoms with E-state index in [1.54, 1.807) is 30.4 Å². The van der Waals surface area contributed by atoms with Crippen LogP contribution in [0.15, 0.2) is 45.6 Å². The molecule has 13 heavy (non-hydrogen) atoms. The molecule has 0 N–H and O–H groups in total. The molecular formula is C9H4N4. The highest BCUT2D eigenvalue weighted by molar-refractivity contribution is 5.24. The average molecular weight is 168 g/mol. The van der Waals surface area contributed by atoms with Gasteiger partial charge in [-0.2, -0.15) is 15.6 Å². The molecule has 4 nitrogen and oxygen atoms in total. The standard InChI is InChI=1S/C9H4N4/c10-6-9(7-11)13-12-8-4-2-1-3-5-8/h1-2,4,9H/b13-12+. The van der Waals surface area contributed by atoms with Gasteiger partial charge in [0.1, 0.15) is 17.8 Å². The molecule has 0 bridgehead atoms. The molecule has 1 aliphatic rings. The Balaban J connectivity index is 2.76. The van der Waals surface area contributed by atoms with Gasteiger partial charge in [0.05, 0.1) is 0 Å². The highest BCUT2D eigenvalue weighted by Crippen LogP contribution is 2.02. The SMILES string of the molecule is N#CC(C#N)/N=N/C1=C=C=CC=C1. The summed E-state index contributed by atoms with van der Waals surface area (Å²) in [6.07, 6.45) is 5.05. The van der Waals surface area contributed by atoms with Crippen LogP contribution >= 0.6 is 0 Å². The van der Waals surface area contributed by atoms with Gasteiger partial charge in [-0.05, 0) is 17.9 Å². The fourth-order valence-corrected chi connectivity index (χ4v) is 0.603. The summed E-state index contributed by atoms with van der Waals surface area (Å²) in [7, 11) is 0. The molecule has 0 aromatic carbocycles. The molecule has 0 saturated heterocycles. The van der Waals surface area contributed by atoms with Gasteiger partial charge < -0.3 is 0 Å². The zero-order valence-corrected chi connectivity index (χ0v) is 6.60. The van der Waals surface area contributed by atoms with Crippen LogP contribution in [0.2, 0.25) is 0 Å². The van der Waals surface area contributed by atoms with Crippen LogP contribution in [0.1, 0.15) is 0 Å². The summed E-state index contributed by atoms with van der Waals surface area (Å²) in [5.74, 6) is 0. The second-order valence-corrected chi connectivity index (χ2v) is 2.06. The van der Waals surface area contributed by atoms with Crippen molar-refractivity contribution in [2.24, 2.45) is 10.2 Å². The fraction of sp³-hybridized carbons (Fsp3) is 0.111. The number of azo groups is 1. The third-order valence-electron chi connectivity index (χ3n) is 1.16. The molecule has 0 heterocycles. The molecule has 0 atom stereocenters. The largest absolute Gasteiger partial charge is 0.242 e. The molecule has 0 fully saturated rings. The lowest BCUT2D eigenvalue weighted by Crippen LogP contribution is -1.92. The number of nitriles is 2. The first-order valence-electron chi connectivity index (χ1n) is 3.45. The predicted molar refractivity (Wildman–Crippen MR) is 44.1 cm³/mol. The Morgan fingerprint density at radius 2 is 2.15 bits per heavy atom. The van der Waals surface area contributed by atoms with E-state index in [0.717, 1.165) is 0 Å². The Morgan fingerprint density at radius 3 is 2.69 bits per heavy atom. The highest BCUT2D eigenvalue weighted by Gasteiger charge is 2.00. The van der Waals surface area contributed by atoms with Gasteiger partial charge in [0.25, 0.3) is 0 Å². The van der Waals surface area contributed by atoms with Crippen molar-refractivity contribution in [1.82, 2.24) is 0 Å². The third-order valence-corrected chi connectivity index (χ3v) is 1.16. The van der Waals surface area contributed by atoms with Gasteiger partial charge in [0.2, 0.25) is 6.04 Å². The van der Waals surface area contributed by atoms with Gasteiger partial charge in [-0.3, -0.25) is 0 Å². The van der Waals surface area contributed by atoms with Crippen LogP contribution < -0.4 is 0 Å². The van der Waals surface area contributed by atoms with Crippen molar-refractivity contribution in [3.63, 3.8) is 0 Å². The molecule has 0 spiro atoms. The van der Waals surface area contributed by atoms with Gasteiger partial charge in [0.15, 0.2) is 0 Å². The molecule has 0 saturated carbocycles. The molecule has 1 rings (SSSR count). The highest BCUT2D eigenvalue weighted by atomic mass is 15.1. The third kappa shape index (κ3) is 2.61. The second-order valence-electron chi connectivity index (χ2n) is 2.06. The molecule has 4 heteroatoms. The summed E-state index contributed by atoms with van der Waals surface area (Å²) >= 11 is 0. The number of nitrogens with zero attached hydrogens (tertiary/aromatic N) is 4. The van der Waals surface area contributed by atoms with Gasteiger partial charge in [-0.25, -0.2) is 0 Å². The Labute approximate surface area is 75.1 Å². The summed E-state index contributed by atoms with van der Waals surface area (Å²) < 4.78 is 0. The van der Waals surface area contributed by atoms with Gasteiger partial charge in [0, 0.05) is 0 Å². The summed E-state index contributed by atoms with van der Waals surface area (Å²) in [4.78, 5) is 0. The van der Waals surface area contributed by atoms with E-state index in [1.165, 1.54) is 0 Å². The van der Waals surface area contributed by atoms with Crippen molar-refractivity contribution < 1.29 is 0 Å². The molecular weight excluding hydrogens is 164 g/mol. The van der Waals surface area contributed by atoms with Crippen molar-refractivity contribution >= 4 is 0 Å². The van der Waals surface area contributed by atoms with Crippen LogP contribution in [0.3, 0.4) is 0 Å². The fourth-order valence-electron chi connectivity index (χ4n) is 0.603. The summed E-state index contributed by atoms with van der Waals surface area (Å²) in [5, 5.41) is 23.8. The maximum Gasteiger partial charge on any atom is 0.242 e. The minimum atomic E-state index is -1.05. The van der Waals surface area contributed by atoms with Crippen molar-refractivity contribution in [1.29, 1.82) is 10.5 Å². The van der Waals surface area contributed by atoms with Crippen molar-refractivity contribution in [3.8, 4) is 12.1 Å². The number of hydrogen-bond acceptors (Lipinski definition) is 4. The van der Waals surface area contributed by atoms with Gasteiger partial charge >= 0.3 is 0 Å². The maximum atomic E-state index is 8.36. The van der Waals surface area contributed by atoms with E-state index >= 15 is 0 Å². The lowest BCUT2D eigenvalue weighted by Gasteiger charge is -1.89. The zero-order valence-electron chi connectivity index (χ0n) is 6.60. The van der Waals surface area contributed by atoms with E-state index in [2.05, 4.69) is 21.7 Å². The monoisotopic (exact) mass is 168 g/mol. The summed E-state index contributed by atoms with van der Waals surface area (Å²) in [6, 6.07) is 2.31. The lowest BCUT2D eigenvalue weighted by atomic mass is 10.3. The van der Waals surface area contributed by atoms with Crippen LogP contribution in [0.4, 0.5) is 0 Å². The second kappa shape index (κ2) is 4.49. The molecule has 0 radical (unpaired) electrons. The van der Waals surface area contributed by atoms with Crippen LogP contribution in [0.25, 0.3) is 0 Å². The lowest BCUT2D eigenvalue weighted by molar-refractivity contribution is 0.932. The summed E-state index contributed by atoms with van der Waals surface area (Å²) in [6.45, 7) is 0. The van der Waals surface area contributed by atoms with Crippen LogP contribution in [0, 0.1) is 22.7 Å². The Kier molecular flexibility index (Phi) is 3.01. The number of allylic oxidation sites excluding steroid dienone is 3. The smallest absolute Gasteiger partial charge is 0.195 e. The molecule has 0 aromatic rings. The van der Waals surface area contributed by atoms with E-state index < -0.39 is 6.04 Å². The van der Waals surface area contributed by atoms with Crippen molar-refractivity contribution in [2.75, 3.05) is 0 Å². The van der Waals surface area contributed by atoms with Gasteiger partial charge in [-0.1, -0.05) is 11.8 Å². The average Bonchev–Trinajstić information content (AvgIpc) is 2.21. The molecule has 1 aliphatic carbocycles. The summed E-state index contributed by atoms with van der Waals surface area (Å²) in [5.41, 5.74) is 5.80. The van der Waals surface area contributed by atoms with E-state index in [1.807, 2.05) is 0 Å². The molecule has 0 unspecified atom stereocenters. The molecule has 0 aliphatic heterocycles. The zero-order chi connectivity index (χ0) is 9.52. The predicted octanol–water partition coefficient (Wildman–Crippen LogP) is 1.62. The Morgan fingerprint density at radius 1 is 1.38 bits per heavy atom. The first kappa shape index (κ1) is 8.71. The van der Waals surface area contributed by atoms with Crippen molar-refractivity contribution in [3.05, 3.63) is 35.4 Å². The molecule has 60 valence electrons. The first-order valence-corrected chi connectivity index (χ1v) is 3.45. The molecule has 0 aromatic heterocycles. The van der Waals surface area contributed by atoms with Crippen LogP contribution in [0.5, 0.6) is 0 Å². The van der Waals surface area contributed by atoms with E-state index in [4.69, 9.17) is 10.5 Å². The number of rotatable bonds is 2. The minimum Gasteiger partial charge on any atom is -0.195 e. The quantitative estimate of drug-likeness (QED) is 0.464. The van der Waals surface area contributed by atoms with E-state index in [0.29, 0.717) is 5.70 Å². The van der Waals surface area contributed by atoms with Crippen LogP contribution in [-0.2, 0) is 0 Å². The first-order chi connectivity index (χ1) is 6.36.